The van der Waals surface area contributed by atoms with E-state index in [4.69, 9.17) is 0 Å². The van der Waals surface area contributed by atoms with E-state index in [1.807, 2.05) is 13.0 Å². The van der Waals surface area contributed by atoms with Crippen LogP contribution in [0.2, 0.25) is 0 Å². The molecule has 1 fully saturated rings. The van der Waals surface area contributed by atoms with Crippen molar-refractivity contribution in [3.8, 4) is 5.88 Å². The number of aromatic nitrogens is 3. The normalized spacial score (nSPS) is 20.2. The van der Waals surface area contributed by atoms with Gasteiger partial charge in [-0.05, 0) is 30.9 Å². The van der Waals surface area contributed by atoms with Gasteiger partial charge in [0.25, 0.3) is 0 Å². The largest absolute Gasteiger partial charge is 0.492 e. The summed E-state index contributed by atoms with van der Waals surface area (Å²) >= 11 is 1.56. The first-order valence-corrected chi connectivity index (χ1v) is 9.85. The first-order valence-electron chi connectivity index (χ1n) is 9.03. The third kappa shape index (κ3) is 3.04. The van der Waals surface area contributed by atoms with Gasteiger partial charge in [-0.15, -0.1) is 5.10 Å². The molecule has 2 aromatic heterocycles. The van der Waals surface area contributed by atoms with E-state index in [9.17, 15) is 5.11 Å². The van der Waals surface area contributed by atoms with E-state index < -0.39 is 0 Å². The minimum Gasteiger partial charge on any atom is -0.492 e. The molecule has 3 heterocycles. The van der Waals surface area contributed by atoms with Crippen LogP contribution in [0.1, 0.15) is 49.0 Å². The highest BCUT2D eigenvalue weighted by atomic mass is 32.1. The lowest BCUT2D eigenvalue weighted by Crippen LogP contribution is -2.37. The van der Waals surface area contributed by atoms with Crippen molar-refractivity contribution < 1.29 is 5.11 Å². The fourth-order valence-corrected chi connectivity index (χ4v) is 4.88. The minimum absolute atomic E-state index is 0.0579. The smallest absolute Gasteiger partial charge is 0.230 e. The van der Waals surface area contributed by atoms with Crippen LogP contribution in [0, 0.1) is 5.92 Å². The van der Waals surface area contributed by atoms with Gasteiger partial charge in [0, 0.05) is 13.0 Å². The van der Waals surface area contributed by atoms with Crippen molar-refractivity contribution in [2.75, 3.05) is 13.1 Å². The summed E-state index contributed by atoms with van der Waals surface area (Å²) in [4.78, 5) is 8.75. The molecule has 1 aliphatic rings. The van der Waals surface area contributed by atoms with Gasteiger partial charge in [0.2, 0.25) is 10.8 Å². The molecule has 0 aliphatic carbocycles. The molecule has 1 aliphatic heterocycles. The summed E-state index contributed by atoms with van der Waals surface area (Å²) in [7, 11) is 0. The van der Waals surface area contributed by atoms with Crippen LogP contribution in [-0.4, -0.2) is 37.7 Å². The van der Waals surface area contributed by atoms with Gasteiger partial charge in [0.1, 0.15) is 0 Å². The van der Waals surface area contributed by atoms with Gasteiger partial charge in [-0.2, -0.15) is 4.52 Å². The molecule has 0 bridgehead atoms. The lowest BCUT2D eigenvalue weighted by molar-refractivity contribution is 0.149. The van der Waals surface area contributed by atoms with Crippen LogP contribution in [0.15, 0.2) is 30.3 Å². The van der Waals surface area contributed by atoms with Crippen molar-refractivity contribution in [2.24, 2.45) is 5.92 Å². The molecule has 0 amide bonds. The van der Waals surface area contributed by atoms with E-state index in [0.29, 0.717) is 5.92 Å². The molecule has 1 aromatic carbocycles. The second-order valence-electron chi connectivity index (χ2n) is 6.92. The number of piperidine rings is 1. The van der Waals surface area contributed by atoms with Crippen molar-refractivity contribution in [1.29, 1.82) is 0 Å². The van der Waals surface area contributed by atoms with Crippen LogP contribution in [0.3, 0.4) is 0 Å². The fraction of sp³-hybridized carbons (Fsp3) is 0.474. The van der Waals surface area contributed by atoms with E-state index in [0.717, 1.165) is 35.2 Å². The molecular formula is C19H24N4OS. The van der Waals surface area contributed by atoms with Crippen LogP contribution in [0.25, 0.3) is 4.96 Å². The summed E-state index contributed by atoms with van der Waals surface area (Å²) in [5.41, 5.74) is 1.21. The summed E-state index contributed by atoms with van der Waals surface area (Å²) < 4.78 is 1.60. The lowest BCUT2D eigenvalue weighted by Gasteiger charge is -2.37. The summed E-state index contributed by atoms with van der Waals surface area (Å²) in [6.07, 6.45) is 3.25. The number of fused-ring (bicyclic) bond motifs is 1. The minimum atomic E-state index is 0.0579. The Labute approximate surface area is 151 Å². The molecule has 132 valence electrons. The Balaban J connectivity index is 1.80. The molecule has 3 aromatic rings. The van der Waals surface area contributed by atoms with E-state index in [2.05, 4.69) is 46.2 Å². The molecule has 1 saturated heterocycles. The summed E-state index contributed by atoms with van der Waals surface area (Å²) in [6.45, 7) is 6.44. The number of rotatable bonds is 4. The van der Waals surface area contributed by atoms with Crippen LogP contribution < -0.4 is 0 Å². The second-order valence-corrected chi connectivity index (χ2v) is 7.93. The Bertz CT molecular complexity index is 857. The number of likely N-dealkylation sites (tertiary alicyclic amines) is 1. The Hall–Kier alpha value is -1.92. The molecule has 0 radical (unpaired) electrons. The summed E-state index contributed by atoms with van der Waals surface area (Å²) in [5, 5.41) is 15.3. The molecule has 1 N–H and O–H groups in total. The number of nitrogens with zero attached hydrogens (tertiary/aromatic N) is 4. The Morgan fingerprint density at radius 3 is 2.80 bits per heavy atom. The molecule has 4 rings (SSSR count). The standard InChI is InChI=1S/C19H24N4OS/c1-3-15-20-19-23(21-15)18(24)17(25-19)16(14-9-5-4-6-10-14)22-11-7-8-13(2)12-22/h4-6,9-10,13,16,24H,3,7-8,11-12H2,1-2H3/t13-,16+/m1/s1. The second kappa shape index (κ2) is 6.77. The van der Waals surface area contributed by atoms with E-state index in [1.54, 1.807) is 15.9 Å². The van der Waals surface area contributed by atoms with Gasteiger partial charge in [-0.3, -0.25) is 4.90 Å². The van der Waals surface area contributed by atoms with Gasteiger partial charge in [-0.25, -0.2) is 4.98 Å². The SMILES string of the molecule is CCc1nc2sc([C@H](c3ccccc3)N3CCC[C@@H](C)C3)c(O)n2n1. The molecule has 0 saturated carbocycles. The Morgan fingerprint density at radius 1 is 1.32 bits per heavy atom. The monoisotopic (exact) mass is 356 g/mol. The Morgan fingerprint density at radius 2 is 2.12 bits per heavy atom. The number of hydrogen-bond donors (Lipinski definition) is 1. The van der Waals surface area contributed by atoms with Gasteiger partial charge in [-0.1, -0.05) is 55.5 Å². The van der Waals surface area contributed by atoms with Crippen molar-refractivity contribution in [3.63, 3.8) is 0 Å². The highest BCUT2D eigenvalue weighted by Gasteiger charge is 2.31. The van der Waals surface area contributed by atoms with Gasteiger partial charge in [0.15, 0.2) is 5.82 Å². The first kappa shape index (κ1) is 16.5. The maximum absolute atomic E-state index is 10.9. The van der Waals surface area contributed by atoms with E-state index >= 15 is 0 Å². The van der Waals surface area contributed by atoms with Crippen molar-refractivity contribution in [2.45, 2.75) is 39.2 Å². The highest BCUT2D eigenvalue weighted by Crippen LogP contribution is 2.41. The van der Waals surface area contributed by atoms with Crippen LogP contribution >= 0.6 is 11.3 Å². The van der Waals surface area contributed by atoms with Crippen molar-refractivity contribution >= 4 is 16.3 Å². The Kier molecular flexibility index (Phi) is 4.48. The number of benzene rings is 1. The zero-order chi connectivity index (χ0) is 17.4. The van der Waals surface area contributed by atoms with Crippen LogP contribution in [0.5, 0.6) is 5.88 Å². The molecule has 0 spiro atoms. The first-order chi connectivity index (χ1) is 12.2. The third-order valence-electron chi connectivity index (χ3n) is 4.98. The maximum atomic E-state index is 10.9. The highest BCUT2D eigenvalue weighted by molar-refractivity contribution is 7.17. The lowest BCUT2D eigenvalue weighted by atomic mass is 9.95. The van der Waals surface area contributed by atoms with Gasteiger partial charge >= 0.3 is 0 Å². The summed E-state index contributed by atoms with van der Waals surface area (Å²) in [6, 6.07) is 10.5. The molecule has 6 heteroatoms. The third-order valence-corrected chi connectivity index (χ3v) is 6.05. The summed E-state index contributed by atoms with van der Waals surface area (Å²) in [5.74, 6) is 1.69. The zero-order valence-corrected chi connectivity index (χ0v) is 15.5. The molecule has 0 unspecified atom stereocenters. The van der Waals surface area contributed by atoms with E-state index in [1.165, 1.54) is 18.4 Å². The number of aryl methyl sites for hydroxylation is 1. The van der Waals surface area contributed by atoms with Crippen molar-refractivity contribution in [1.82, 2.24) is 19.5 Å². The fourth-order valence-electron chi connectivity index (χ4n) is 3.74. The molecular weight excluding hydrogens is 332 g/mol. The molecule has 2 atom stereocenters. The van der Waals surface area contributed by atoms with Crippen molar-refractivity contribution in [3.05, 3.63) is 46.6 Å². The quantitative estimate of drug-likeness (QED) is 0.771. The van der Waals surface area contributed by atoms with Crippen LogP contribution in [0.4, 0.5) is 0 Å². The predicted octanol–water partition coefficient (Wildman–Crippen LogP) is 3.88. The maximum Gasteiger partial charge on any atom is 0.230 e. The predicted molar refractivity (Wildman–Crippen MR) is 100 cm³/mol. The zero-order valence-electron chi connectivity index (χ0n) is 14.7. The molecule has 5 nitrogen and oxygen atoms in total. The number of thiazole rings is 1. The number of aromatic hydroxyl groups is 1. The van der Waals surface area contributed by atoms with E-state index in [-0.39, 0.29) is 11.9 Å². The average Bonchev–Trinajstić information content (AvgIpc) is 3.16. The molecule has 25 heavy (non-hydrogen) atoms. The van der Waals surface area contributed by atoms with Gasteiger partial charge in [0.05, 0.1) is 10.9 Å². The number of hydrogen-bond acceptors (Lipinski definition) is 5. The topological polar surface area (TPSA) is 53.7 Å². The average molecular weight is 356 g/mol. The van der Waals surface area contributed by atoms with Crippen LogP contribution in [-0.2, 0) is 6.42 Å². The van der Waals surface area contributed by atoms with Gasteiger partial charge < -0.3 is 5.11 Å².